The molecule has 1 N–H and O–H groups in total. The number of aliphatic hydroxyl groups excluding tert-OH is 1. The second kappa shape index (κ2) is 5.69. The SMILES string of the molecule is CCc1ccc(CN2CCCC(C(C)O)C2)o1. The lowest BCUT2D eigenvalue weighted by Gasteiger charge is -2.33. The zero-order chi connectivity index (χ0) is 12.3. The summed E-state index contributed by atoms with van der Waals surface area (Å²) in [6.07, 6.45) is 3.08. The molecule has 0 saturated carbocycles. The summed E-state index contributed by atoms with van der Waals surface area (Å²) in [4.78, 5) is 2.39. The van der Waals surface area contributed by atoms with Crippen LogP contribution < -0.4 is 0 Å². The lowest BCUT2D eigenvalue weighted by molar-refractivity contribution is 0.0571. The summed E-state index contributed by atoms with van der Waals surface area (Å²) in [7, 11) is 0. The van der Waals surface area contributed by atoms with Crippen LogP contribution in [0.5, 0.6) is 0 Å². The third kappa shape index (κ3) is 3.33. The van der Waals surface area contributed by atoms with Gasteiger partial charge in [-0.1, -0.05) is 6.92 Å². The molecule has 2 atom stereocenters. The predicted octanol–water partition coefficient (Wildman–Crippen LogP) is 2.43. The van der Waals surface area contributed by atoms with Crippen molar-refractivity contribution in [3.8, 4) is 0 Å². The van der Waals surface area contributed by atoms with Gasteiger partial charge in [-0.05, 0) is 44.4 Å². The fraction of sp³-hybridized carbons (Fsp3) is 0.714. The zero-order valence-corrected chi connectivity index (χ0v) is 10.9. The Balaban J connectivity index is 1.90. The van der Waals surface area contributed by atoms with E-state index in [1.54, 1.807) is 0 Å². The maximum Gasteiger partial charge on any atom is 0.118 e. The van der Waals surface area contributed by atoms with Gasteiger partial charge in [0.15, 0.2) is 0 Å². The number of aryl methyl sites for hydroxylation is 1. The molecule has 0 spiro atoms. The van der Waals surface area contributed by atoms with Crippen molar-refractivity contribution in [2.75, 3.05) is 13.1 Å². The summed E-state index contributed by atoms with van der Waals surface area (Å²) < 4.78 is 5.73. The topological polar surface area (TPSA) is 36.6 Å². The van der Waals surface area contributed by atoms with Crippen molar-refractivity contribution in [1.82, 2.24) is 4.90 Å². The number of likely N-dealkylation sites (tertiary alicyclic amines) is 1. The first-order chi connectivity index (χ1) is 8.19. The molecule has 0 bridgehead atoms. The van der Waals surface area contributed by atoms with Crippen molar-refractivity contribution in [3.63, 3.8) is 0 Å². The Labute approximate surface area is 103 Å². The molecule has 17 heavy (non-hydrogen) atoms. The van der Waals surface area contributed by atoms with Crippen molar-refractivity contribution >= 4 is 0 Å². The van der Waals surface area contributed by atoms with Crippen LogP contribution in [-0.2, 0) is 13.0 Å². The quantitative estimate of drug-likeness (QED) is 0.873. The molecule has 3 heteroatoms. The molecule has 0 aromatic carbocycles. The summed E-state index contributed by atoms with van der Waals surface area (Å²) in [6, 6.07) is 4.14. The molecular formula is C14H23NO2. The lowest BCUT2D eigenvalue weighted by atomic mass is 9.93. The fourth-order valence-corrected chi connectivity index (χ4v) is 2.55. The minimum atomic E-state index is -0.194. The molecule has 1 saturated heterocycles. The van der Waals surface area contributed by atoms with E-state index < -0.39 is 0 Å². The molecule has 96 valence electrons. The molecule has 2 heterocycles. The molecule has 0 amide bonds. The Morgan fingerprint density at radius 3 is 2.88 bits per heavy atom. The molecule has 1 aliphatic rings. The summed E-state index contributed by atoms with van der Waals surface area (Å²) in [5.74, 6) is 2.53. The molecule has 1 aromatic rings. The maximum absolute atomic E-state index is 9.65. The number of hydrogen-bond acceptors (Lipinski definition) is 3. The Kier molecular flexibility index (Phi) is 4.24. The van der Waals surface area contributed by atoms with Crippen molar-refractivity contribution in [2.45, 2.75) is 45.8 Å². The van der Waals surface area contributed by atoms with E-state index in [4.69, 9.17) is 4.42 Å². The number of rotatable bonds is 4. The Morgan fingerprint density at radius 1 is 1.47 bits per heavy atom. The highest BCUT2D eigenvalue weighted by Gasteiger charge is 2.23. The second-order valence-electron chi connectivity index (χ2n) is 5.10. The van der Waals surface area contributed by atoms with Gasteiger partial charge in [-0.2, -0.15) is 0 Å². The lowest BCUT2D eigenvalue weighted by Crippen LogP contribution is -2.38. The van der Waals surface area contributed by atoms with Gasteiger partial charge >= 0.3 is 0 Å². The van der Waals surface area contributed by atoms with Gasteiger partial charge < -0.3 is 9.52 Å². The van der Waals surface area contributed by atoms with E-state index in [0.717, 1.165) is 44.0 Å². The van der Waals surface area contributed by atoms with Gasteiger partial charge in [0.25, 0.3) is 0 Å². The Bertz CT molecular complexity index is 346. The van der Waals surface area contributed by atoms with Crippen LogP contribution in [-0.4, -0.2) is 29.2 Å². The van der Waals surface area contributed by atoms with Gasteiger partial charge in [0, 0.05) is 13.0 Å². The number of aliphatic hydroxyl groups is 1. The fourth-order valence-electron chi connectivity index (χ4n) is 2.55. The standard InChI is InChI=1S/C14H23NO2/c1-3-13-6-7-14(17-13)10-15-8-4-5-12(9-15)11(2)16/h6-7,11-12,16H,3-5,8-10H2,1-2H3. The number of furan rings is 1. The Morgan fingerprint density at radius 2 is 2.24 bits per heavy atom. The minimum Gasteiger partial charge on any atom is -0.465 e. The van der Waals surface area contributed by atoms with Crippen LogP contribution in [0.4, 0.5) is 0 Å². The second-order valence-corrected chi connectivity index (χ2v) is 5.10. The van der Waals surface area contributed by atoms with Gasteiger partial charge in [-0.25, -0.2) is 0 Å². The van der Waals surface area contributed by atoms with Gasteiger partial charge in [0.05, 0.1) is 12.6 Å². The molecule has 3 nitrogen and oxygen atoms in total. The van der Waals surface area contributed by atoms with Crippen LogP contribution in [0.25, 0.3) is 0 Å². The number of nitrogens with zero attached hydrogens (tertiary/aromatic N) is 1. The van der Waals surface area contributed by atoms with Crippen LogP contribution in [0.1, 0.15) is 38.2 Å². The van der Waals surface area contributed by atoms with E-state index in [2.05, 4.69) is 24.0 Å². The molecular weight excluding hydrogens is 214 g/mol. The smallest absolute Gasteiger partial charge is 0.118 e. The van der Waals surface area contributed by atoms with Crippen molar-refractivity contribution in [2.24, 2.45) is 5.92 Å². The van der Waals surface area contributed by atoms with E-state index in [-0.39, 0.29) is 6.10 Å². The monoisotopic (exact) mass is 237 g/mol. The third-order valence-electron chi connectivity index (χ3n) is 3.67. The summed E-state index contributed by atoms with van der Waals surface area (Å²) >= 11 is 0. The third-order valence-corrected chi connectivity index (χ3v) is 3.67. The van der Waals surface area contributed by atoms with Crippen LogP contribution in [0.2, 0.25) is 0 Å². The Hall–Kier alpha value is -0.800. The highest BCUT2D eigenvalue weighted by atomic mass is 16.3. The van der Waals surface area contributed by atoms with Gasteiger partial charge in [0.1, 0.15) is 11.5 Å². The zero-order valence-electron chi connectivity index (χ0n) is 10.9. The summed E-state index contributed by atoms with van der Waals surface area (Å²) in [5, 5.41) is 9.65. The molecule has 0 radical (unpaired) electrons. The maximum atomic E-state index is 9.65. The molecule has 1 fully saturated rings. The van der Waals surface area contributed by atoms with E-state index in [0.29, 0.717) is 5.92 Å². The van der Waals surface area contributed by atoms with Crippen molar-refractivity contribution < 1.29 is 9.52 Å². The highest BCUT2D eigenvalue weighted by Crippen LogP contribution is 2.21. The van der Waals surface area contributed by atoms with Crippen LogP contribution in [0.3, 0.4) is 0 Å². The average Bonchev–Trinajstić information content (AvgIpc) is 2.77. The van der Waals surface area contributed by atoms with E-state index >= 15 is 0 Å². The van der Waals surface area contributed by atoms with Crippen molar-refractivity contribution in [1.29, 1.82) is 0 Å². The van der Waals surface area contributed by atoms with Crippen LogP contribution in [0, 0.1) is 5.92 Å². The molecule has 1 aliphatic heterocycles. The molecule has 1 aromatic heterocycles. The molecule has 2 rings (SSSR count). The van der Waals surface area contributed by atoms with Crippen LogP contribution >= 0.6 is 0 Å². The van der Waals surface area contributed by atoms with E-state index in [9.17, 15) is 5.11 Å². The van der Waals surface area contributed by atoms with E-state index in [1.165, 1.54) is 6.42 Å². The van der Waals surface area contributed by atoms with Gasteiger partial charge in [-0.15, -0.1) is 0 Å². The minimum absolute atomic E-state index is 0.194. The first-order valence-corrected chi connectivity index (χ1v) is 6.67. The molecule has 2 unspecified atom stereocenters. The normalized spacial score (nSPS) is 23.8. The predicted molar refractivity (Wildman–Crippen MR) is 67.8 cm³/mol. The summed E-state index contributed by atoms with van der Waals surface area (Å²) in [6.45, 7) is 6.98. The molecule has 0 aliphatic carbocycles. The van der Waals surface area contributed by atoms with Gasteiger partial charge in [-0.3, -0.25) is 4.90 Å². The average molecular weight is 237 g/mol. The summed E-state index contributed by atoms with van der Waals surface area (Å²) in [5.41, 5.74) is 0. The van der Waals surface area contributed by atoms with Crippen LogP contribution in [0.15, 0.2) is 16.5 Å². The number of piperidine rings is 1. The highest BCUT2D eigenvalue weighted by molar-refractivity contribution is 5.07. The van der Waals surface area contributed by atoms with E-state index in [1.807, 2.05) is 6.92 Å². The first kappa shape index (κ1) is 12.7. The number of hydrogen-bond donors (Lipinski definition) is 1. The largest absolute Gasteiger partial charge is 0.465 e. The van der Waals surface area contributed by atoms with Crippen molar-refractivity contribution in [3.05, 3.63) is 23.7 Å². The van der Waals surface area contributed by atoms with Gasteiger partial charge in [0.2, 0.25) is 0 Å². The first-order valence-electron chi connectivity index (χ1n) is 6.67.